The fourth-order valence-electron chi connectivity index (χ4n) is 4.55. The summed E-state index contributed by atoms with van der Waals surface area (Å²) in [5.41, 5.74) is 8.63. The number of carbonyl (C=O) groups is 1. The van der Waals surface area contributed by atoms with Gasteiger partial charge in [-0.15, -0.1) is 0 Å². The van der Waals surface area contributed by atoms with Gasteiger partial charge < -0.3 is 10.6 Å². The molecular weight excluding hydrogens is 327 g/mol. The number of benzene rings is 2. The Morgan fingerprint density at radius 3 is 2.54 bits per heavy atom. The average molecular weight is 352 g/mol. The lowest BCUT2D eigenvalue weighted by Crippen LogP contribution is -2.33. The molecule has 0 bridgehead atoms. The van der Waals surface area contributed by atoms with Crippen LogP contribution in [0.3, 0.4) is 0 Å². The lowest BCUT2D eigenvalue weighted by molar-refractivity contribution is 0.0976. The summed E-state index contributed by atoms with van der Waals surface area (Å²) < 4.78 is 12.9. The Morgan fingerprint density at radius 1 is 1.08 bits per heavy atom. The van der Waals surface area contributed by atoms with Crippen LogP contribution >= 0.6 is 0 Å². The molecular formula is C22H25FN2O. The summed E-state index contributed by atoms with van der Waals surface area (Å²) in [5, 5.41) is 0. The van der Waals surface area contributed by atoms with E-state index in [1.807, 2.05) is 12.1 Å². The predicted octanol–water partition coefficient (Wildman–Crippen LogP) is 4.11. The van der Waals surface area contributed by atoms with Crippen LogP contribution in [0.15, 0.2) is 48.5 Å². The van der Waals surface area contributed by atoms with Gasteiger partial charge in [-0.3, -0.25) is 4.79 Å². The quantitative estimate of drug-likeness (QED) is 0.629. The van der Waals surface area contributed by atoms with E-state index in [0.29, 0.717) is 17.9 Å². The van der Waals surface area contributed by atoms with Gasteiger partial charge in [0.05, 0.1) is 0 Å². The summed E-state index contributed by atoms with van der Waals surface area (Å²) >= 11 is 0. The van der Waals surface area contributed by atoms with Gasteiger partial charge >= 0.3 is 0 Å². The van der Waals surface area contributed by atoms with Crippen LogP contribution in [-0.4, -0.2) is 30.3 Å². The minimum absolute atomic E-state index is 0.104. The molecule has 3 atom stereocenters. The molecule has 2 aliphatic rings. The maximum absolute atomic E-state index is 12.9. The Balaban J connectivity index is 1.24. The van der Waals surface area contributed by atoms with E-state index in [1.54, 1.807) is 12.1 Å². The number of nitrogen functional groups attached to an aromatic ring is 1. The van der Waals surface area contributed by atoms with Gasteiger partial charge in [-0.1, -0.05) is 12.1 Å². The zero-order valence-corrected chi connectivity index (χ0v) is 14.9. The van der Waals surface area contributed by atoms with E-state index in [0.717, 1.165) is 43.6 Å². The molecule has 1 aliphatic heterocycles. The molecule has 26 heavy (non-hydrogen) atoms. The van der Waals surface area contributed by atoms with Crippen molar-refractivity contribution >= 4 is 11.5 Å². The van der Waals surface area contributed by atoms with E-state index >= 15 is 0 Å². The van der Waals surface area contributed by atoms with Crippen LogP contribution in [0.2, 0.25) is 0 Å². The first-order valence-corrected chi connectivity index (χ1v) is 9.47. The summed E-state index contributed by atoms with van der Waals surface area (Å²) in [6.45, 7) is 3.25. The number of nitrogens with two attached hydrogens (primary N) is 1. The number of likely N-dealkylation sites (tertiary alicyclic amines) is 1. The number of ketones is 1. The topological polar surface area (TPSA) is 46.3 Å². The van der Waals surface area contributed by atoms with Gasteiger partial charge in [0, 0.05) is 30.8 Å². The van der Waals surface area contributed by atoms with Crippen LogP contribution < -0.4 is 5.73 Å². The maximum atomic E-state index is 12.9. The van der Waals surface area contributed by atoms with Crippen molar-refractivity contribution in [1.82, 2.24) is 4.90 Å². The fraction of sp³-hybridized carbons (Fsp3) is 0.409. The smallest absolute Gasteiger partial charge is 0.162 e. The molecule has 136 valence electrons. The van der Waals surface area contributed by atoms with Gasteiger partial charge in [-0.2, -0.15) is 0 Å². The number of carbonyl (C=O) groups excluding carboxylic acids is 1. The molecule has 2 aromatic carbocycles. The Kier molecular flexibility index (Phi) is 4.77. The lowest BCUT2D eigenvalue weighted by atomic mass is 9.64. The van der Waals surface area contributed by atoms with Crippen LogP contribution in [0.4, 0.5) is 10.1 Å². The van der Waals surface area contributed by atoms with Crippen molar-refractivity contribution in [2.24, 2.45) is 11.8 Å². The molecule has 2 fully saturated rings. The second-order valence-electron chi connectivity index (χ2n) is 7.73. The van der Waals surface area contributed by atoms with E-state index in [9.17, 15) is 9.18 Å². The predicted molar refractivity (Wildman–Crippen MR) is 102 cm³/mol. The van der Waals surface area contributed by atoms with Crippen LogP contribution in [0.5, 0.6) is 0 Å². The molecule has 2 aromatic rings. The molecule has 0 aromatic heterocycles. The summed E-state index contributed by atoms with van der Waals surface area (Å²) in [7, 11) is 0. The monoisotopic (exact) mass is 352 g/mol. The van der Waals surface area contributed by atoms with Crippen LogP contribution in [0.25, 0.3) is 0 Å². The number of Topliss-reactive ketones (excluding diaryl/α,β-unsaturated/α-hetero) is 1. The van der Waals surface area contributed by atoms with Crippen molar-refractivity contribution in [2.45, 2.75) is 25.2 Å². The van der Waals surface area contributed by atoms with Crippen molar-refractivity contribution in [3.05, 3.63) is 65.5 Å². The summed E-state index contributed by atoms with van der Waals surface area (Å²) in [6.07, 6.45) is 2.65. The van der Waals surface area contributed by atoms with Crippen LogP contribution in [0.1, 0.15) is 41.1 Å². The molecule has 0 spiro atoms. The van der Waals surface area contributed by atoms with Crippen LogP contribution in [0, 0.1) is 17.7 Å². The van der Waals surface area contributed by atoms with Gasteiger partial charge in [-0.05, 0) is 79.1 Å². The molecule has 4 heteroatoms. The second-order valence-corrected chi connectivity index (χ2v) is 7.73. The van der Waals surface area contributed by atoms with Crippen molar-refractivity contribution in [1.29, 1.82) is 0 Å². The Labute approximate surface area is 154 Å². The number of hydrogen-bond acceptors (Lipinski definition) is 3. The zero-order chi connectivity index (χ0) is 18.1. The van der Waals surface area contributed by atoms with Crippen molar-refractivity contribution in [2.75, 3.05) is 25.4 Å². The lowest BCUT2D eigenvalue weighted by Gasteiger charge is -2.40. The normalized spacial score (nSPS) is 24.9. The highest BCUT2D eigenvalue weighted by Crippen LogP contribution is 2.51. The maximum Gasteiger partial charge on any atom is 0.162 e. The molecule has 1 saturated heterocycles. The number of anilines is 1. The largest absolute Gasteiger partial charge is 0.399 e. The third-order valence-electron chi connectivity index (χ3n) is 6.05. The first-order valence-electron chi connectivity index (χ1n) is 9.47. The molecule has 0 amide bonds. The van der Waals surface area contributed by atoms with E-state index in [-0.39, 0.29) is 11.6 Å². The molecule has 3 unspecified atom stereocenters. The number of rotatable bonds is 6. The third-order valence-corrected chi connectivity index (χ3v) is 6.05. The Bertz CT molecular complexity index is 772. The number of fused-ring (bicyclic) bond motifs is 1. The SMILES string of the molecule is Nc1ccc(C2CC3CN(CCCC(=O)c4ccc(F)cc4)CC32)cc1. The molecule has 3 nitrogen and oxygen atoms in total. The second kappa shape index (κ2) is 7.20. The molecule has 2 N–H and O–H groups in total. The third kappa shape index (κ3) is 3.51. The van der Waals surface area contributed by atoms with Gasteiger partial charge in [0.25, 0.3) is 0 Å². The average Bonchev–Trinajstić information content (AvgIpc) is 2.94. The molecule has 0 radical (unpaired) electrons. The van der Waals surface area contributed by atoms with Gasteiger partial charge in [0.15, 0.2) is 5.78 Å². The molecule has 1 heterocycles. The highest BCUT2D eigenvalue weighted by atomic mass is 19.1. The fourth-order valence-corrected chi connectivity index (χ4v) is 4.55. The van der Waals surface area contributed by atoms with Crippen molar-refractivity contribution in [3.63, 3.8) is 0 Å². The van der Waals surface area contributed by atoms with Crippen LogP contribution in [-0.2, 0) is 0 Å². The number of halogens is 1. The highest BCUT2D eigenvalue weighted by molar-refractivity contribution is 5.95. The molecule has 1 saturated carbocycles. The Hall–Kier alpha value is -2.20. The van der Waals surface area contributed by atoms with Gasteiger partial charge in [-0.25, -0.2) is 4.39 Å². The van der Waals surface area contributed by atoms with E-state index in [2.05, 4.69) is 17.0 Å². The summed E-state index contributed by atoms with van der Waals surface area (Å²) in [5.74, 6) is 2.00. The standard InChI is InChI=1S/C22H25FN2O/c23-18-7-3-16(4-8-18)22(26)2-1-11-25-13-17-12-20(21(17)14-25)15-5-9-19(24)10-6-15/h3-10,17,20-21H,1-2,11-14,24H2. The van der Waals surface area contributed by atoms with Crippen molar-refractivity contribution < 1.29 is 9.18 Å². The Morgan fingerprint density at radius 2 is 1.81 bits per heavy atom. The first kappa shape index (κ1) is 17.2. The number of nitrogens with zero attached hydrogens (tertiary/aromatic N) is 1. The van der Waals surface area contributed by atoms with E-state index in [1.165, 1.54) is 24.1 Å². The minimum Gasteiger partial charge on any atom is -0.399 e. The minimum atomic E-state index is -0.301. The highest BCUT2D eigenvalue weighted by Gasteiger charge is 2.47. The summed E-state index contributed by atoms with van der Waals surface area (Å²) in [6, 6.07) is 14.2. The van der Waals surface area contributed by atoms with Gasteiger partial charge in [0.2, 0.25) is 0 Å². The summed E-state index contributed by atoms with van der Waals surface area (Å²) in [4.78, 5) is 14.7. The van der Waals surface area contributed by atoms with Crippen molar-refractivity contribution in [3.8, 4) is 0 Å². The van der Waals surface area contributed by atoms with E-state index < -0.39 is 0 Å². The van der Waals surface area contributed by atoms with Gasteiger partial charge in [0.1, 0.15) is 5.82 Å². The molecule has 1 aliphatic carbocycles. The number of hydrogen-bond donors (Lipinski definition) is 1. The zero-order valence-electron chi connectivity index (χ0n) is 14.9. The van der Waals surface area contributed by atoms with E-state index in [4.69, 9.17) is 5.73 Å². The first-order chi connectivity index (χ1) is 12.6. The molecule has 4 rings (SSSR count).